The summed E-state index contributed by atoms with van der Waals surface area (Å²) in [6, 6.07) is 6.44. The predicted octanol–water partition coefficient (Wildman–Crippen LogP) is 3.74. The summed E-state index contributed by atoms with van der Waals surface area (Å²) < 4.78 is 0. The van der Waals surface area contributed by atoms with Crippen LogP contribution in [0.3, 0.4) is 0 Å². The number of aryl methyl sites for hydroxylation is 1. The third-order valence-electron chi connectivity index (χ3n) is 3.54. The summed E-state index contributed by atoms with van der Waals surface area (Å²) in [4.78, 5) is 0. The number of rotatable bonds is 3. The molecular formula is C15H20O. The Bertz CT molecular complexity index is 379. The fraction of sp³-hybridized carbons (Fsp3) is 0.467. The van der Waals surface area contributed by atoms with Gasteiger partial charge < -0.3 is 5.11 Å². The van der Waals surface area contributed by atoms with E-state index in [1.807, 2.05) is 13.0 Å². The number of hydrogen-bond acceptors (Lipinski definition) is 1. The Hall–Kier alpha value is -1.08. The van der Waals surface area contributed by atoms with Crippen LogP contribution in [0.25, 0.3) is 0 Å². The van der Waals surface area contributed by atoms with Crippen molar-refractivity contribution in [1.82, 2.24) is 0 Å². The van der Waals surface area contributed by atoms with Crippen LogP contribution in [0.15, 0.2) is 30.9 Å². The minimum absolute atomic E-state index is 0.356. The van der Waals surface area contributed by atoms with Crippen LogP contribution in [0.2, 0.25) is 0 Å². The number of hydrogen-bond donors (Lipinski definition) is 1. The first-order chi connectivity index (χ1) is 7.72. The van der Waals surface area contributed by atoms with Crippen LogP contribution in [0.4, 0.5) is 0 Å². The van der Waals surface area contributed by atoms with Crippen molar-refractivity contribution < 1.29 is 5.11 Å². The summed E-state index contributed by atoms with van der Waals surface area (Å²) in [5, 5.41) is 9.58. The van der Waals surface area contributed by atoms with Crippen molar-refractivity contribution in [2.24, 2.45) is 0 Å². The first-order valence-corrected chi connectivity index (χ1v) is 6.14. The van der Waals surface area contributed by atoms with Gasteiger partial charge in [-0.1, -0.05) is 24.3 Å². The molecule has 0 radical (unpaired) electrons. The van der Waals surface area contributed by atoms with Gasteiger partial charge in [0.1, 0.15) is 0 Å². The highest BCUT2D eigenvalue weighted by Gasteiger charge is 2.19. The molecule has 2 rings (SSSR count). The highest BCUT2D eigenvalue weighted by molar-refractivity contribution is 5.37. The van der Waals surface area contributed by atoms with Crippen LogP contribution in [0.5, 0.6) is 0 Å². The maximum atomic E-state index is 9.58. The molecular weight excluding hydrogens is 196 g/mol. The zero-order valence-corrected chi connectivity index (χ0v) is 9.95. The number of benzene rings is 1. The van der Waals surface area contributed by atoms with Crippen LogP contribution in [-0.2, 0) is 6.42 Å². The maximum absolute atomic E-state index is 9.58. The van der Waals surface area contributed by atoms with Crippen LogP contribution in [-0.4, -0.2) is 5.11 Å². The molecule has 0 aliphatic heterocycles. The van der Waals surface area contributed by atoms with Crippen molar-refractivity contribution in [3.63, 3.8) is 0 Å². The van der Waals surface area contributed by atoms with E-state index < -0.39 is 0 Å². The summed E-state index contributed by atoms with van der Waals surface area (Å²) in [5.41, 5.74) is 3.94. The Morgan fingerprint density at radius 3 is 3.06 bits per heavy atom. The highest BCUT2D eigenvalue weighted by atomic mass is 16.3. The highest BCUT2D eigenvalue weighted by Crippen LogP contribution is 2.35. The molecule has 1 aliphatic rings. The summed E-state index contributed by atoms with van der Waals surface area (Å²) in [6.07, 6.45) is 6.42. The van der Waals surface area contributed by atoms with Gasteiger partial charge in [-0.2, -0.15) is 0 Å². The van der Waals surface area contributed by atoms with E-state index in [1.54, 1.807) is 0 Å². The maximum Gasteiger partial charge on any atom is 0.0762 e. The van der Waals surface area contributed by atoms with E-state index in [9.17, 15) is 5.11 Å². The Balaban J connectivity index is 2.32. The lowest BCUT2D eigenvalue weighted by Crippen LogP contribution is -2.10. The predicted molar refractivity (Wildman–Crippen MR) is 67.6 cm³/mol. The molecule has 1 aliphatic carbocycles. The average molecular weight is 216 g/mol. The number of aliphatic hydroxyl groups excluding tert-OH is 1. The van der Waals surface area contributed by atoms with E-state index in [1.165, 1.54) is 24.0 Å². The van der Waals surface area contributed by atoms with Gasteiger partial charge in [-0.25, -0.2) is 0 Å². The van der Waals surface area contributed by atoms with Crippen molar-refractivity contribution in [3.8, 4) is 0 Å². The molecule has 1 N–H and O–H groups in total. The lowest BCUT2D eigenvalue weighted by atomic mass is 9.80. The third kappa shape index (κ3) is 2.19. The molecule has 1 aromatic rings. The second-order valence-corrected chi connectivity index (χ2v) is 4.75. The van der Waals surface area contributed by atoms with Crippen molar-refractivity contribution >= 4 is 0 Å². The molecule has 16 heavy (non-hydrogen) atoms. The second-order valence-electron chi connectivity index (χ2n) is 4.75. The topological polar surface area (TPSA) is 20.2 Å². The van der Waals surface area contributed by atoms with E-state index in [2.05, 4.69) is 24.8 Å². The lowest BCUT2D eigenvalue weighted by molar-refractivity contribution is 0.199. The number of allylic oxidation sites excluding steroid dienone is 1. The summed E-state index contributed by atoms with van der Waals surface area (Å²) in [7, 11) is 0. The van der Waals surface area contributed by atoms with Crippen LogP contribution < -0.4 is 0 Å². The van der Waals surface area contributed by atoms with Gasteiger partial charge in [-0.05, 0) is 55.2 Å². The fourth-order valence-electron chi connectivity index (χ4n) is 2.64. The minimum atomic E-state index is -0.356. The quantitative estimate of drug-likeness (QED) is 0.763. The van der Waals surface area contributed by atoms with Gasteiger partial charge in [0, 0.05) is 0 Å². The van der Waals surface area contributed by atoms with Gasteiger partial charge in [0.2, 0.25) is 0 Å². The van der Waals surface area contributed by atoms with E-state index >= 15 is 0 Å². The zero-order valence-electron chi connectivity index (χ0n) is 9.95. The molecule has 0 fully saturated rings. The molecule has 0 aromatic heterocycles. The molecule has 1 aromatic carbocycles. The van der Waals surface area contributed by atoms with Crippen molar-refractivity contribution in [2.75, 3.05) is 0 Å². The lowest BCUT2D eigenvalue weighted by Gasteiger charge is -2.25. The Kier molecular flexibility index (Phi) is 3.45. The van der Waals surface area contributed by atoms with Crippen molar-refractivity contribution in [2.45, 2.75) is 44.6 Å². The monoisotopic (exact) mass is 216 g/mol. The van der Waals surface area contributed by atoms with Crippen molar-refractivity contribution in [3.05, 3.63) is 47.5 Å². The standard InChI is InChI=1S/C15H20O/c1-3-5-12-6-4-7-14-10-13(11(2)16)8-9-15(12)14/h3,8-12,16H,1,4-7H2,2H3/t11-,12-/m1/s1. The molecule has 0 saturated heterocycles. The molecule has 0 amide bonds. The summed E-state index contributed by atoms with van der Waals surface area (Å²) in [5.74, 6) is 0.643. The molecule has 86 valence electrons. The third-order valence-corrected chi connectivity index (χ3v) is 3.54. The Morgan fingerprint density at radius 2 is 2.38 bits per heavy atom. The normalized spacial score (nSPS) is 21.2. The summed E-state index contributed by atoms with van der Waals surface area (Å²) >= 11 is 0. The van der Waals surface area contributed by atoms with E-state index in [0.717, 1.165) is 18.4 Å². The SMILES string of the molecule is C=CC[C@@H]1CCCc2cc([C@@H](C)O)ccc21. The van der Waals surface area contributed by atoms with Gasteiger partial charge in [0.25, 0.3) is 0 Å². The van der Waals surface area contributed by atoms with Gasteiger partial charge in [0.15, 0.2) is 0 Å². The van der Waals surface area contributed by atoms with Crippen molar-refractivity contribution in [1.29, 1.82) is 0 Å². The Morgan fingerprint density at radius 1 is 1.56 bits per heavy atom. The average Bonchev–Trinajstić information content (AvgIpc) is 2.29. The van der Waals surface area contributed by atoms with Gasteiger partial charge in [-0.15, -0.1) is 6.58 Å². The largest absolute Gasteiger partial charge is 0.389 e. The second kappa shape index (κ2) is 4.84. The molecule has 1 nitrogen and oxygen atoms in total. The Labute approximate surface area is 97.8 Å². The number of aliphatic hydroxyl groups is 1. The van der Waals surface area contributed by atoms with E-state index in [-0.39, 0.29) is 6.10 Å². The van der Waals surface area contributed by atoms with Gasteiger partial charge in [0.05, 0.1) is 6.10 Å². The first-order valence-electron chi connectivity index (χ1n) is 6.14. The summed E-state index contributed by atoms with van der Waals surface area (Å²) in [6.45, 7) is 5.66. The van der Waals surface area contributed by atoms with Crippen LogP contribution in [0, 0.1) is 0 Å². The molecule has 0 bridgehead atoms. The van der Waals surface area contributed by atoms with Crippen LogP contribution in [0.1, 0.15) is 54.9 Å². The van der Waals surface area contributed by atoms with E-state index in [4.69, 9.17) is 0 Å². The first kappa shape index (κ1) is 11.4. The van der Waals surface area contributed by atoms with Gasteiger partial charge in [-0.3, -0.25) is 0 Å². The van der Waals surface area contributed by atoms with Crippen LogP contribution >= 0.6 is 0 Å². The van der Waals surface area contributed by atoms with E-state index in [0.29, 0.717) is 5.92 Å². The number of fused-ring (bicyclic) bond motifs is 1. The smallest absolute Gasteiger partial charge is 0.0762 e. The van der Waals surface area contributed by atoms with Gasteiger partial charge >= 0.3 is 0 Å². The fourth-order valence-corrected chi connectivity index (χ4v) is 2.64. The zero-order chi connectivity index (χ0) is 11.5. The molecule has 1 heteroatoms. The molecule has 0 saturated carbocycles. The molecule has 0 unspecified atom stereocenters. The molecule has 0 heterocycles. The minimum Gasteiger partial charge on any atom is -0.389 e. The molecule has 0 spiro atoms. The molecule has 2 atom stereocenters.